The molecule has 0 radical (unpaired) electrons. The summed E-state index contributed by atoms with van der Waals surface area (Å²) < 4.78 is 44.6. The highest BCUT2D eigenvalue weighted by atomic mass is 19.4. The normalized spacial score (nSPS) is 14.3. The van der Waals surface area contributed by atoms with Crippen LogP contribution in [0.4, 0.5) is 13.2 Å². The molecule has 0 aliphatic heterocycles. The summed E-state index contributed by atoms with van der Waals surface area (Å²) in [5.74, 6) is -0.918. The average Bonchev–Trinajstić information content (AvgIpc) is 2.93. The standard InChI is InChI=1S/C15H15F3N2O3/c1-10-4-5-12(23-10)14(22,15(16,17)18)6-8-20-13(21)11-3-2-7-19-9-11/h2-5,7,9,22H,6,8H2,1H3,(H,20,21)/t14-/m1/s1. The Morgan fingerprint density at radius 2 is 2.09 bits per heavy atom. The van der Waals surface area contributed by atoms with Crippen LogP contribution in [0.25, 0.3) is 0 Å². The molecule has 23 heavy (non-hydrogen) atoms. The van der Waals surface area contributed by atoms with Crippen LogP contribution in [0.5, 0.6) is 0 Å². The van der Waals surface area contributed by atoms with E-state index in [1.54, 1.807) is 0 Å². The van der Waals surface area contributed by atoms with Crippen LogP contribution in [0.3, 0.4) is 0 Å². The molecule has 0 aliphatic carbocycles. The third-order valence-electron chi connectivity index (χ3n) is 3.31. The van der Waals surface area contributed by atoms with E-state index in [2.05, 4.69) is 10.3 Å². The highest BCUT2D eigenvalue weighted by Crippen LogP contribution is 2.41. The molecule has 0 saturated heterocycles. The molecular formula is C15H15F3N2O3. The van der Waals surface area contributed by atoms with Gasteiger partial charge in [-0.05, 0) is 31.2 Å². The zero-order valence-corrected chi connectivity index (χ0v) is 12.2. The fraction of sp³-hybridized carbons (Fsp3) is 0.333. The van der Waals surface area contributed by atoms with Gasteiger partial charge < -0.3 is 14.8 Å². The molecule has 5 nitrogen and oxygen atoms in total. The Hall–Kier alpha value is -2.35. The maximum absolute atomic E-state index is 13.2. The fourth-order valence-corrected chi connectivity index (χ4v) is 2.02. The van der Waals surface area contributed by atoms with Crippen LogP contribution in [-0.2, 0) is 5.60 Å². The van der Waals surface area contributed by atoms with Crippen molar-refractivity contribution in [2.45, 2.75) is 25.1 Å². The van der Waals surface area contributed by atoms with Crippen LogP contribution >= 0.6 is 0 Å². The first-order chi connectivity index (χ1) is 10.7. The SMILES string of the molecule is Cc1ccc([C@](O)(CCNC(=O)c2cccnc2)C(F)(F)F)o1. The number of furan rings is 1. The number of hydrogen-bond acceptors (Lipinski definition) is 4. The molecule has 2 rings (SSSR count). The van der Waals surface area contributed by atoms with E-state index >= 15 is 0 Å². The van der Waals surface area contributed by atoms with Gasteiger partial charge in [0, 0.05) is 25.4 Å². The van der Waals surface area contributed by atoms with Crippen molar-refractivity contribution in [2.75, 3.05) is 6.54 Å². The summed E-state index contributed by atoms with van der Waals surface area (Å²) in [5.41, 5.74) is -2.94. The molecule has 0 aromatic carbocycles. The molecule has 124 valence electrons. The molecule has 8 heteroatoms. The third-order valence-corrected chi connectivity index (χ3v) is 3.31. The minimum absolute atomic E-state index is 0.219. The zero-order chi connectivity index (χ0) is 17.1. The number of alkyl halides is 3. The minimum Gasteiger partial charge on any atom is -0.463 e. The smallest absolute Gasteiger partial charge is 0.424 e. The van der Waals surface area contributed by atoms with Gasteiger partial charge >= 0.3 is 6.18 Å². The van der Waals surface area contributed by atoms with E-state index in [9.17, 15) is 23.1 Å². The first-order valence-electron chi connectivity index (χ1n) is 6.78. The number of aromatic nitrogens is 1. The van der Waals surface area contributed by atoms with Crippen LogP contribution < -0.4 is 5.32 Å². The van der Waals surface area contributed by atoms with Crippen molar-refractivity contribution in [3.8, 4) is 0 Å². The molecule has 0 unspecified atom stereocenters. The van der Waals surface area contributed by atoms with Gasteiger partial charge in [-0.2, -0.15) is 13.2 Å². The predicted octanol–water partition coefficient (Wildman–Crippen LogP) is 2.55. The number of carbonyl (C=O) groups excluding carboxylic acids is 1. The highest BCUT2D eigenvalue weighted by Gasteiger charge is 2.56. The maximum Gasteiger partial charge on any atom is 0.424 e. The van der Waals surface area contributed by atoms with Crippen molar-refractivity contribution >= 4 is 5.91 Å². The first-order valence-corrected chi connectivity index (χ1v) is 6.78. The van der Waals surface area contributed by atoms with Crippen LogP contribution in [0.1, 0.15) is 28.3 Å². The lowest BCUT2D eigenvalue weighted by Gasteiger charge is -2.28. The molecule has 0 saturated carbocycles. The molecular weight excluding hydrogens is 313 g/mol. The highest BCUT2D eigenvalue weighted by molar-refractivity contribution is 5.93. The number of rotatable bonds is 5. The van der Waals surface area contributed by atoms with Gasteiger partial charge in [-0.25, -0.2) is 0 Å². The van der Waals surface area contributed by atoms with E-state index in [4.69, 9.17) is 4.42 Å². The number of aryl methyl sites for hydroxylation is 1. The molecule has 2 aromatic rings. The molecule has 0 bridgehead atoms. The van der Waals surface area contributed by atoms with Gasteiger partial charge in [0.25, 0.3) is 5.91 Å². The minimum atomic E-state index is -4.93. The Morgan fingerprint density at radius 1 is 1.35 bits per heavy atom. The number of pyridine rings is 1. The summed E-state index contributed by atoms with van der Waals surface area (Å²) in [7, 11) is 0. The Kier molecular flexibility index (Phi) is 4.74. The molecule has 2 heterocycles. The number of carbonyl (C=O) groups is 1. The van der Waals surface area contributed by atoms with E-state index in [-0.39, 0.29) is 17.9 Å². The van der Waals surface area contributed by atoms with Gasteiger partial charge in [0.1, 0.15) is 11.5 Å². The van der Waals surface area contributed by atoms with Crippen molar-refractivity contribution in [3.63, 3.8) is 0 Å². The number of nitrogens with zero attached hydrogens (tertiary/aromatic N) is 1. The number of hydrogen-bond donors (Lipinski definition) is 2. The van der Waals surface area contributed by atoms with Crippen molar-refractivity contribution in [2.24, 2.45) is 0 Å². The number of nitrogens with one attached hydrogen (secondary N) is 1. The predicted molar refractivity (Wildman–Crippen MR) is 74.6 cm³/mol. The van der Waals surface area contributed by atoms with E-state index in [0.717, 1.165) is 6.07 Å². The molecule has 2 N–H and O–H groups in total. The van der Waals surface area contributed by atoms with E-state index in [0.29, 0.717) is 0 Å². The monoisotopic (exact) mass is 328 g/mol. The van der Waals surface area contributed by atoms with Crippen LogP contribution in [0, 0.1) is 6.92 Å². The lowest BCUT2D eigenvalue weighted by Crippen LogP contribution is -2.44. The maximum atomic E-state index is 13.2. The fourth-order valence-electron chi connectivity index (χ4n) is 2.02. The Morgan fingerprint density at radius 3 is 2.61 bits per heavy atom. The van der Waals surface area contributed by atoms with Crippen molar-refractivity contribution in [1.82, 2.24) is 10.3 Å². The molecule has 1 amide bonds. The second kappa shape index (κ2) is 6.41. The molecule has 2 aromatic heterocycles. The van der Waals surface area contributed by atoms with Gasteiger partial charge in [-0.15, -0.1) is 0 Å². The summed E-state index contributed by atoms with van der Waals surface area (Å²) in [6.07, 6.45) is -2.94. The second-order valence-corrected chi connectivity index (χ2v) is 5.02. The van der Waals surface area contributed by atoms with Gasteiger partial charge in [-0.3, -0.25) is 9.78 Å². The van der Waals surface area contributed by atoms with E-state index in [1.807, 2.05) is 0 Å². The van der Waals surface area contributed by atoms with Crippen molar-refractivity contribution in [3.05, 3.63) is 53.7 Å². The van der Waals surface area contributed by atoms with Gasteiger partial charge in [0.2, 0.25) is 5.60 Å². The summed E-state index contributed by atoms with van der Waals surface area (Å²) in [5, 5.41) is 12.4. The Labute approximate surface area is 130 Å². The summed E-state index contributed by atoms with van der Waals surface area (Å²) in [6.45, 7) is 1.09. The average molecular weight is 328 g/mol. The van der Waals surface area contributed by atoms with Crippen LogP contribution in [-0.4, -0.2) is 28.7 Å². The van der Waals surface area contributed by atoms with Crippen LogP contribution in [0.2, 0.25) is 0 Å². The first kappa shape index (κ1) is 17.0. The molecule has 1 atom stereocenters. The number of aliphatic hydroxyl groups is 1. The Bertz CT molecular complexity index is 670. The van der Waals surface area contributed by atoms with Gasteiger partial charge in [0.05, 0.1) is 5.56 Å². The Balaban J connectivity index is 2.07. The summed E-state index contributed by atoms with van der Waals surface area (Å²) >= 11 is 0. The number of halogens is 3. The second-order valence-electron chi connectivity index (χ2n) is 5.02. The number of amides is 1. The van der Waals surface area contributed by atoms with Crippen molar-refractivity contribution < 1.29 is 27.5 Å². The topological polar surface area (TPSA) is 75.4 Å². The zero-order valence-electron chi connectivity index (χ0n) is 12.2. The van der Waals surface area contributed by atoms with Gasteiger partial charge in [0.15, 0.2) is 0 Å². The molecule has 0 fully saturated rings. The lowest BCUT2D eigenvalue weighted by atomic mass is 9.95. The summed E-state index contributed by atoms with van der Waals surface area (Å²) in [6, 6.07) is 5.42. The van der Waals surface area contributed by atoms with E-state index < -0.39 is 29.9 Å². The lowest BCUT2D eigenvalue weighted by molar-refractivity contribution is -0.274. The van der Waals surface area contributed by atoms with Gasteiger partial charge in [-0.1, -0.05) is 0 Å². The quantitative estimate of drug-likeness (QED) is 0.884. The third kappa shape index (κ3) is 3.70. The molecule has 0 spiro atoms. The largest absolute Gasteiger partial charge is 0.463 e. The van der Waals surface area contributed by atoms with Crippen molar-refractivity contribution in [1.29, 1.82) is 0 Å². The van der Waals surface area contributed by atoms with E-state index in [1.165, 1.54) is 37.5 Å². The molecule has 0 aliphatic rings. The summed E-state index contributed by atoms with van der Waals surface area (Å²) in [4.78, 5) is 15.5. The van der Waals surface area contributed by atoms with Crippen LogP contribution in [0.15, 0.2) is 41.1 Å².